The van der Waals surface area contributed by atoms with Gasteiger partial charge in [0, 0.05) is 13.2 Å². The monoisotopic (exact) mass is 186 g/mol. The minimum Gasteiger partial charge on any atom is -0.381 e. The highest BCUT2D eigenvalue weighted by Crippen LogP contribution is 2.22. The summed E-state index contributed by atoms with van der Waals surface area (Å²) in [5, 5.41) is 3.53. The molecule has 78 valence electrons. The SMILES string of the molecule is CCC(CN)CNC1CC(OC)C1. The van der Waals surface area contributed by atoms with E-state index in [1.165, 1.54) is 6.42 Å². The number of nitrogens with one attached hydrogen (secondary N) is 1. The van der Waals surface area contributed by atoms with Gasteiger partial charge >= 0.3 is 0 Å². The summed E-state index contributed by atoms with van der Waals surface area (Å²) in [5.41, 5.74) is 5.62. The molecule has 0 aliphatic heterocycles. The second kappa shape index (κ2) is 5.58. The molecule has 1 unspecified atom stereocenters. The normalized spacial score (nSPS) is 29.8. The number of hydrogen-bond acceptors (Lipinski definition) is 3. The van der Waals surface area contributed by atoms with Gasteiger partial charge in [0.2, 0.25) is 0 Å². The molecule has 1 aliphatic carbocycles. The first-order valence-corrected chi connectivity index (χ1v) is 5.26. The van der Waals surface area contributed by atoms with Crippen molar-refractivity contribution in [2.24, 2.45) is 11.7 Å². The molecule has 1 rings (SSSR count). The molecule has 0 aromatic carbocycles. The van der Waals surface area contributed by atoms with E-state index in [-0.39, 0.29) is 0 Å². The van der Waals surface area contributed by atoms with E-state index in [0.717, 1.165) is 25.9 Å². The standard InChI is InChI=1S/C10H22N2O/c1-3-8(6-11)7-12-9-4-10(5-9)13-2/h8-10,12H,3-7,11H2,1-2H3. The van der Waals surface area contributed by atoms with Gasteiger partial charge in [-0.1, -0.05) is 13.3 Å². The van der Waals surface area contributed by atoms with E-state index in [9.17, 15) is 0 Å². The Hall–Kier alpha value is -0.120. The molecule has 1 fully saturated rings. The van der Waals surface area contributed by atoms with Gasteiger partial charge in [-0.25, -0.2) is 0 Å². The summed E-state index contributed by atoms with van der Waals surface area (Å²) in [6.45, 7) is 4.05. The van der Waals surface area contributed by atoms with Crippen LogP contribution < -0.4 is 11.1 Å². The van der Waals surface area contributed by atoms with Gasteiger partial charge in [-0.2, -0.15) is 0 Å². The third-order valence-electron chi connectivity index (χ3n) is 3.03. The van der Waals surface area contributed by atoms with Gasteiger partial charge in [-0.15, -0.1) is 0 Å². The third kappa shape index (κ3) is 3.25. The lowest BCUT2D eigenvalue weighted by Gasteiger charge is -2.35. The first-order valence-electron chi connectivity index (χ1n) is 5.26. The summed E-state index contributed by atoms with van der Waals surface area (Å²) in [5.74, 6) is 0.640. The van der Waals surface area contributed by atoms with Gasteiger partial charge in [0.15, 0.2) is 0 Å². The Morgan fingerprint density at radius 2 is 2.23 bits per heavy atom. The molecule has 0 radical (unpaired) electrons. The zero-order chi connectivity index (χ0) is 9.68. The van der Waals surface area contributed by atoms with E-state index in [0.29, 0.717) is 18.1 Å². The van der Waals surface area contributed by atoms with Crippen molar-refractivity contribution in [2.75, 3.05) is 20.2 Å². The molecule has 0 aromatic rings. The van der Waals surface area contributed by atoms with Crippen molar-refractivity contribution in [3.8, 4) is 0 Å². The molecule has 0 heterocycles. The van der Waals surface area contributed by atoms with Gasteiger partial charge in [0.25, 0.3) is 0 Å². The van der Waals surface area contributed by atoms with E-state index in [1.807, 2.05) is 0 Å². The van der Waals surface area contributed by atoms with E-state index >= 15 is 0 Å². The highest BCUT2D eigenvalue weighted by atomic mass is 16.5. The zero-order valence-electron chi connectivity index (χ0n) is 8.75. The van der Waals surface area contributed by atoms with Crippen LogP contribution in [0.25, 0.3) is 0 Å². The lowest BCUT2D eigenvalue weighted by atomic mass is 9.89. The van der Waals surface area contributed by atoms with Crippen LogP contribution in [-0.2, 0) is 4.74 Å². The Kier molecular flexibility index (Phi) is 4.70. The summed E-state index contributed by atoms with van der Waals surface area (Å²) < 4.78 is 5.21. The minimum atomic E-state index is 0.496. The van der Waals surface area contributed by atoms with Crippen LogP contribution in [0.2, 0.25) is 0 Å². The number of ether oxygens (including phenoxy) is 1. The Morgan fingerprint density at radius 1 is 1.54 bits per heavy atom. The summed E-state index contributed by atoms with van der Waals surface area (Å²) in [6, 6.07) is 0.672. The Bertz CT molecular complexity index is 131. The van der Waals surface area contributed by atoms with E-state index in [4.69, 9.17) is 10.5 Å². The number of hydrogen-bond donors (Lipinski definition) is 2. The van der Waals surface area contributed by atoms with Gasteiger partial charge in [-0.3, -0.25) is 0 Å². The fraction of sp³-hybridized carbons (Fsp3) is 1.00. The molecule has 1 saturated carbocycles. The molecule has 3 nitrogen and oxygen atoms in total. The molecule has 3 heteroatoms. The van der Waals surface area contributed by atoms with Crippen molar-refractivity contribution in [3.05, 3.63) is 0 Å². The maximum Gasteiger partial charge on any atom is 0.0601 e. The molecule has 1 aliphatic rings. The average Bonchev–Trinajstić information content (AvgIpc) is 2.09. The van der Waals surface area contributed by atoms with Crippen molar-refractivity contribution in [3.63, 3.8) is 0 Å². The maximum absolute atomic E-state index is 5.62. The van der Waals surface area contributed by atoms with Crippen LogP contribution in [-0.4, -0.2) is 32.3 Å². The maximum atomic E-state index is 5.62. The first kappa shape index (κ1) is 11.0. The van der Waals surface area contributed by atoms with Crippen LogP contribution in [0.3, 0.4) is 0 Å². The van der Waals surface area contributed by atoms with Crippen molar-refractivity contribution >= 4 is 0 Å². The molecule has 0 spiro atoms. The number of methoxy groups -OCH3 is 1. The topological polar surface area (TPSA) is 47.3 Å². The Balaban J connectivity index is 2.01. The predicted octanol–water partition coefficient (Wildman–Crippen LogP) is 0.738. The highest BCUT2D eigenvalue weighted by molar-refractivity contribution is 4.86. The van der Waals surface area contributed by atoms with Crippen LogP contribution in [0.1, 0.15) is 26.2 Å². The van der Waals surface area contributed by atoms with Crippen LogP contribution in [0, 0.1) is 5.92 Å². The van der Waals surface area contributed by atoms with Gasteiger partial charge in [0.05, 0.1) is 6.10 Å². The lowest BCUT2D eigenvalue weighted by Crippen LogP contribution is -2.47. The third-order valence-corrected chi connectivity index (χ3v) is 3.03. The molecule has 0 bridgehead atoms. The number of nitrogens with two attached hydrogens (primary N) is 1. The van der Waals surface area contributed by atoms with Crippen molar-refractivity contribution in [2.45, 2.75) is 38.3 Å². The van der Waals surface area contributed by atoms with Gasteiger partial charge in [-0.05, 0) is 31.8 Å². The molecule has 0 saturated heterocycles. The largest absolute Gasteiger partial charge is 0.381 e. The van der Waals surface area contributed by atoms with Crippen molar-refractivity contribution < 1.29 is 4.74 Å². The lowest BCUT2D eigenvalue weighted by molar-refractivity contribution is 0.0165. The smallest absolute Gasteiger partial charge is 0.0601 e. The first-order chi connectivity index (χ1) is 6.30. The molecule has 1 atom stereocenters. The Labute approximate surface area is 81.0 Å². The summed E-state index contributed by atoms with van der Waals surface area (Å²) >= 11 is 0. The summed E-state index contributed by atoms with van der Waals surface area (Å²) in [7, 11) is 1.79. The minimum absolute atomic E-state index is 0.496. The molecule has 0 aromatic heterocycles. The molecule has 0 amide bonds. The number of rotatable bonds is 6. The molecular weight excluding hydrogens is 164 g/mol. The van der Waals surface area contributed by atoms with E-state index in [2.05, 4.69) is 12.2 Å². The molecule has 3 N–H and O–H groups in total. The zero-order valence-corrected chi connectivity index (χ0v) is 8.75. The predicted molar refractivity (Wildman–Crippen MR) is 54.7 cm³/mol. The second-order valence-corrected chi connectivity index (χ2v) is 3.94. The van der Waals surface area contributed by atoms with Crippen molar-refractivity contribution in [1.82, 2.24) is 5.32 Å². The quantitative estimate of drug-likeness (QED) is 0.643. The van der Waals surface area contributed by atoms with Crippen LogP contribution in [0.4, 0.5) is 0 Å². The van der Waals surface area contributed by atoms with Crippen LogP contribution in [0.5, 0.6) is 0 Å². The molecular formula is C10H22N2O. The second-order valence-electron chi connectivity index (χ2n) is 3.94. The summed E-state index contributed by atoms with van der Waals surface area (Å²) in [4.78, 5) is 0. The van der Waals surface area contributed by atoms with Gasteiger partial charge in [0.1, 0.15) is 0 Å². The average molecular weight is 186 g/mol. The van der Waals surface area contributed by atoms with E-state index < -0.39 is 0 Å². The van der Waals surface area contributed by atoms with E-state index in [1.54, 1.807) is 7.11 Å². The molecule has 13 heavy (non-hydrogen) atoms. The van der Waals surface area contributed by atoms with Gasteiger partial charge < -0.3 is 15.8 Å². The fourth-order valence-corrected chi connectivity index (χ4v) is 1.65. The van der Waals surface area contributed by atoms with Crippen LogP contribution in [0.15, 0.2) is 0 Å². The van der Waals surface area contributed by atoms with Crippen molar-refractivity contribution in [1.29, 1.82) is 0 Å². The Morgan fingerprint density at radius 3 is 2.69 bits per heavy atom. The highest BCUT2D eigenvalue weighted by Gasteiger charge is 2.28. The summed E-state index contributed by atoms with van der Waals surface area (Å²) in [6.07, 6.45) is 3.99. The van der Waals surface area contributed by atoms with Crippen LogP contribution >= 0.6 is 0 Å². The fourth-order valence-electron chi connectivity index (χ4n) is 1.65.